The summed E-state index contributed by atoms with van der Waals surface area (Å²) in [5.41, 5.74) is 1.34. The Morgan fingerprint density at radius 3 is 2.42 bits per heavy atom. The second-order valence-corrected chi connectivity index (χ2v) is 7.34. The van der Waals surface area contributed by atoms with Crippen LogP contribution in [-0.4, -0.2) is 30.4 Å². The van der Waals surface area contributed by atoms with Gasteiger partial charge in [-0.2, -0.15) is 0 Å². The van der Waals surface area contributed by atoms with Crippen molar-refractivity contribution in [1.29, 1.82) is 0 Å². The minimum absolute atomic E-state index is 0.171. The normalized spacial score (nSPS) is 19.3. The maximum atomic E-state index is 13.4. The highest BCUT2D eigenvalue weighted by Crippen LogP contribution is 2.49. The first-order valence-corrected chi connectivity index (χ1v) is 9.58. The topological polar surface area (TPSA) is 49.6 Å². The van der Waals surface area contributed by atoms with Crippen LogP contribution in [0.1, 0.15) is 31.4 Å². The molecule has 4 nitrogen and oxygen atoms in total. The molecule has 0 radical (unpaired) electrons. The van der Waals surface area contributed by atoms with Gasteiger partial charge in [0.15, 0.2) is 0 Å². The van der Waals surface area contributed by atoms with Crippen LogP contribution in [0.5, 0.6) is 0 Å². The Hall–Kier alpha value is -1.59. The number of nitrogens with zero attached hydrogens (tertiary/aromatic N) is 2. The smallest absolute Gasteiger partial charge is 0.256 e. The molecule has 1 unspecified atom stereocenters. The fourth-order valence-corrected chi connectivity index (χ4v) is 4.27. The number of amides is 1. The highest BCUT2D eigenvalue weighted by molar-refractivity contribution is 6.32. The first kappa shape index (κ1) is 19.2. The molecule has 1 aliphatic rings. The molecular weight excluding hydrogens is 369 g/mol. The number of fused-ring (bicyclic) bond motifs is 1. The molecule has 1 atom stereocenters. The van der Waals surface area contributed by atoms with E-state index in [0.29, 0.717) is 22.2 Å². The van der Waals surface area contributed by atoms with Gasteiger partial charge in [0, 0.05) is 10.0 Å². The molecule has 2 aromatic carbocycles. The van der Waals surface area contributed by atoms with E-state index in [1.54, 1.807) is 12.1 Å². The van der Waals surface area contributed by atoms with E-state index in [2.05, 4.69) is 18.7 Å². The first-order chi connectivity index (χ1) is 12.5. The molecule has 0 saturated carbocycles. The standard InChI is InChI=1S/C20H23Cl2N3O/c1-3-24(4-2)12-11-20(15-7-5-6-8-17(15)22)16-13-14(21)9-10-18(16)25(23)19(20)26/h5-10,13H,3-4,11-12,23H2,1-2H3. The molecule has 26 heavy (non-hydrogen) atoms. The molecule has 0 aromatic heterocycles. The molecule has 138 valence electrons. The predicted octanol–water partition coefficient (Wildman–Crippen LogP) is 4.23. The molecule has 0 spiro atoms. The van der Waals surface area contributed by atoms with E-state index in [4.69, 9.17) is 29.0 Å². The Morgan fingerprint density at radius 1 is 1.08 bits per heavy atom. The van der Waals surface area contributed by atoms with Crippen molar-refractivity contribution in [2.45, 2.75) is 25.7 Å². The molecule has 0 saturated heterocycles. The second-order valence-electron chi connectivity index (χ2n) is 6.50. The van der Waals surface area contributed by atoms with E-state index in [1.165, 1.54) is 5.01 Å². The van der Waals surface area contributed by atoms with Crippen LogP contribution in [0.2, 0.25) is 10.0 Å². The van der Waals surface area contributed by atoms with E-state index in [-0.39, 0.29) is 5.91 Å². The lowest BCUT2D eigenvalue weighted by molar-refractivity contribution is -0.122. The summed E-state index contributed by atoms with van der Waals surface area (Å²) in [6.45, 7) is 6.81. The molecule has 0 bridgehead atoms. The third kappa shape index (κ3) is 3.01. The van der Waals surface area contributed by atoms with Crippen molar-refractivity contribution in [2.75, 3.05) is 24.6 Å². The number of hydrogen-bond acceptors (Lipinski definition) is 3. The zero-order valence-electron chi connectivity index (χ0n) is 15.0. The van der Waals surface area contributed by atoms with Crippen LogP contribution in [0.4, 0.5) is 5.69 Å². The third-order valence-electron chi connectivity index (χ3n) is 5.29. The van der Waals surface area contributed by atoms with Gasteiger partial charge in [0.2, 0.25) is 0 Å². The Kier molecular flexibility index (Phi) is 5.58. The number of benzene rings is 2. The van der Waals surface area contributed by atoms with Gasteiger partial charge >= 0.3 is 0 Å². The fraction of sp³-hybridized carbons (Fsp3) is 0.350. The second kappa shape index (κ2) is 7.57. The van der Waals surface area contributed by atoms with E-state index in [0.717, 1.165) is 30.8 Å². The number of hydrogen-bond donors (Lipinski definition) is 1. The van der Waals surface area contributed by atoms with Crippen LogP contribution in [0, 0.1) is 0 Å². The van der Waals surface area contributed by atoms with E-state index < -0.39 is 5.41 Å². The van der Waals surface area contributed by atoms with Crippen LogP contribution in [-0.2, 0) is 10.2 Å². The minimum Gasteiger partial charge on any atom is -0.304 e. The lowest BCUT2D eigenvalue weighted by Gasteiger charge is -2.32. The summed E-state index contributed by atoms with van der Waals surface area (Å²) in [6, 6.07) is 12.9. The van der Waals surface area contributed by atoms with Crippen LogP contribution >= 0.6 is 23.2 Å². The quantitative estimate of drug-likeness (QED) is 0.591. The van der Waals surface area contributed by atoms with Crippen LogP contribution in [0.3, 0.4) is 0 Å². The van der Waals surface area contributed by atoms with E-state index >= 15 is 0 Å². The SMILES string of the molecule is CCN(CC)CCC1(c2ccccc2Cl)C(=O)N(N)c2ccc(Cl)cc21. The van der Waals surface area contributed by atoms with Crippen molar-refractivity contribution in [3.63, 3.8) is 0 Å². The highest BCUT2D eigenvalue weighted by Gasteiger charge is 2.52. The molecule has 2 aromatic rings. The molecule has 0 aliphatic carbocycles. The Bertz CT molecular complexity index is 822. The fourth-order valence-electron chi connectivity index (χ4n) is 3.80. The number of nitrogens with two attached hydrogens (primary N) is 1. The van der Waals surface area contributed by atoms with Gasteiger partial charge in [-0.3, -0.25) is 4.79 Å². The molecular formula is C20H23Cl2N3O. The molecule has 3 rings (SSSR count). The summed E-state index contributed by atoms with van der Waals surface area (Å²) in [5, 5.41) is 2.37. The molecule has 6 heteroatoms. The third-order valence-corrected chi connectivity index (χ3v) is 5.86. The molecule has 1 aliphatic heterocycles. The molecule has 1 amide bonds. The monoisotopic (exact) mass is 391 g/mol. The van der Waals surface area contributed by atoms with Crippen LogP contribution in [0.25, 0.3) is 0 Å². The van der Waals surface area contributed by atoms with E-state index in [1.807, 2.05) is 30.3 Å². The summed E-state index contributed by atoms with van der Waals surface area (Å²) in [5.74, 6) is 5.99. The number of carbonyl (C=O) groups is 1. The van der Waals surface area contributed by atoms with Gasteiger partial charge in [-0.15, -0.1) is 0 Å². The zero-order valence-corrected chi connectivity index (χ0v) is 16.5. The largest absolute Gasteiger partial charge is 0.304 e. The van der Waals surface area contributed by atoms with Gasteiger partial charge in [-0.05, 0) is 61.4 Å². The van der Waals surface area contributed by atoms with E-state index in [9.17, 15) is 4.79 Å². The van der Waals surface area contributed by atoms with Gasteiger partial charge in [-0.25, -0.2) is 10.9 Å². The number of halogens is 2. The summed E-state index contributed by atoms with van der Waals surface area (Å²) in [6.07, 6.45) is 0.582. The van der Waals surface area contributed by atoms with Crippen molar-refractivity contribution in [2.24, 2.45) is 5.84 Å². The zero-order chi connectivity index (χ0) is 18.9. The van der Waals surface area contributed by atoms with Crippen molar-refractivity contribution < 1.29 is 4.79 Å². The molecule has 1 heterocycles. The van der Waals surface area contributed by atoms with Crippen LogP contribution < -0.4 is 10.9 Å². The Labute approximate surface area is 164 Å². The summed E-state index contributed by atoms with van der Waals surface area (Å²) in [4.78, 5) is 15.7. The number of hydrazine groups is 1. The van der Waals surface area contributed by atoms with Gasteiger partial charge in [0.1, 0.15) is 5.41 Å². The van der Waals surface area contributed by atoms with Crippen LogP contribution in [0.15, 0.2) is 42.5 Å². The van der Waals surface area contributed by atoms with Gasteiger partial charge in [0.05, 0.1) is 5.69 Å². The average molecular weight is 392 g/mol. The number of carbonyl (C=O) groups excluding carboxylic acids is 1. The first-order valence-electron chi connectivity index (χ1n) is 8.82. The summed E-state index contributed by atoms with van der Waals surface area (Å²) >= 11 is 12.8. The summed E-state index contributed by atoms with van der Waals surface area (Å²) < 4.78 is 0. The number of anilines is 1. The lowest BCUT2D eigenvalue weighted by atomic mass is 9.72. The molecule has 2 N–H and O–H groups in total. The van der Waals surface area contributed by atoms with Crippen molar-refractivity contribution >= 4 is 34.8 Å². The van der Waals surface area contributed by atoms with Gasteiger partial charge in [-0.1, -0.05) is 55.2 Å². The minimum atomic E-state index is -0.935. The predicted molar refractivity (Wildman–Crippen MR) is 108 cm³/mol. The highest BCUT2D eigenvalue weighted by atomic mass is 35.5. The van der Waals surface area contributed by atoms with Crippen molar-refractivity contribution in [3.8, 4) is 0 Å². The maximum absolute atomic E-state index is 13.4. The van der Waals surface area contributed by atoms with Gasteiger partial charge in [0.25, 0.3) is 5.91 Å². The average Bonchev–Trinajstić information content (AvgIpc) is 2.85. The number of rotatable bonds is 6. The molecule has 0 fully saturated rings. The van der Waals surface area contributed by atoms with Crippen molar-refractivity contribution in [1.82, 2.24) is 4.90 Å². The van der Waals surface area contributed by atoms with Crippen molar-refractivity contribution in [3.05, 3.63) is 63.6 Å². The Balaban J connectivity index is 2.21. The summed E-state index contributed by atoms with van der Waals surface area (Å²) in [7, 11) is 0. The van der Waals surface area contributed by atoms with Gasteiger partial charge < -0.3 is 4.90 Å². The lowest BCUT2D eigenvalue weighted by Crippen LogP contribution is -2.46. The Morgan fingerprint density at radius 2 is 1.77 bits per heavy atom. The maximum Gasteiger partial charge on any atom is 0.256 e.